The molecule has 2 unspecified atom stereocenters. The predicted octanol–water partition coefficient (Wildman–Crippen LogP) is 13.4. The van der Waals surface area contributed by atoms with Crippen molar-refractivity contribution in [3.63, 3.8) is 0 Å². The van der Waals surface area contributed by atoms with Gasteiger partial charge in [0.25, 0.3) is 0 Å². The highest BCUT2D eigenvalue weighted by atomic mass is 31.2. The van der Waals surface area contributed by atoms with E-state index in [4.69, 9.17) is 24.3 Å². The van der Waals surface area contributed by atoms with E-state index in [1.165, 1.54) is 83.5 Å². The lowest BCUT2D eigenvalue weighted by molar-refractivity contribution is -0.153. The van der Waals surface area contributed by atoms with E-state index < -0.39 is 19.9 Å². The van der Waals surface area contributed by atoms with Gasteiger partial charge in [0.05, 0.1) is 19.5 Å². The first-order valence-corrected chi connectivity index (χ1v) is 23.3. The maximum Gasteiger partial charge on any atom is 0.472 e. The number of hydrogen-bond donors (Lipinski definition) is 2. The summed E-state index contributed by atoms with van der Waals surface area (Å²) in [6.45, 7) is 3.98. The maximum atomic E-state index is 12.5. The summed E-state index contributed by atoms with van der Waals surface area (Å²) in [7, 11) is -4.33. The Balaban J connectivity index is 4.27. The van der Waals surface area contributed by atoms with Crippen molar-refractivity contribution in [2.24, 2.45) is 5.73 Å². The molecule has 0 aliphatic heterocycles. The topological polar surface area (TPSA) is 117 Å². The SMILES string of the molecule is CCC=CCC=CCC=CCC=CCC=CCC=CCCC(=O)OC(COC=CCC=CCCCCCCCCCCCCCCC)COP(=O)(O)OCCN. The number of carbonyl (C=O) groups excluding carboxylic acids is 1. The van der Waals surface area contributed by atoms with Gasteiger partial charge in [-0.2, -0.15) is 0 Å². The number of rotatable bonds is 40. The minimum Gasteiger partial charge on any atom is -0.498 e. The highest BCUT2D eigenvalue weighted by molar-refractivity contribution is 7.47. The number of nitrogens with two attached hydrogens (primary N) is 1. The number of ether oxygens (including phenoxy) is 2. The van der Waals surface area contributed by atoms with Crippen LogP contribution in [0.15, 0.2) is 97.4 Å². The van der Waals surface area contributed by atoms with Crippen LogP contribution in [0.2, 0.25) is 0 Å². The summed E-state index contributed by atoms with van der Waals surface area (Å²) >= 11 is 0. The Bertz CT molecular complexity index is 1170. The Morgan fingerprint density at radius 1 is 0.571 bits per heavy atom. The monoisotopic (exact) mass is 802 g/mol. The number of unbranched alkanes of at least 4 members (excludes halogenated alkanes) is 13. The van der Waals surface area contributed by atoms with Crippen LogP contribution in [0.3, 0.4) is 0 Å². The largest absolute Gasteiger partial charge is 0.498 e. The molecule has 0 saturated carbocycles. The molecule has 0 radical (unpaired) electrons. The summed E-state index contributed by atoms with van der Waals surface area (Å²) in [5, 5.41) is 0. The quantitative estimate of drug-likeness (QED) is 0.0207. The summed E-state index contributed by atoms with van der Waals surface area (Å²) in [5.74, 6) is -0.447. The molecule has 0 aromatic rings. The molecule has 56 heavy (non-hydrogen) atoms. The summed E-state index contributed by atoms with van der Waals surface area (Å²) < 4.78 is 33.0. The van der Waals surface area contributed by atoms with Gasteiger partial charge in [0, 0.05) is 13.0 Å². The molecular weight excluding hydrogens is 721 g/mol. The fraction of sp³-hybridized carbons (Fsp3) is 0.638. The first kappa shape index (κ1) is 53.3. The molecule has 0 fully saturated rings. The Morgan fingerprint density at radius 2 is 1.02 bits per heavy atom. The van der Waals surface area contributed by atoms with Gasteiger partial charge >= 0.3 is 13.8 Å². The zero-order chi connectivity index (χ0) is 40.9. The summed E-state index contributed by atoms with van der Waals surface area (Å²) in [5.41, 5.74) is 5.35. The standard InChI is InChI=1S/C47H80NO7P/c1-3-5-7-9-11-13-15-17-19-21-23-24-26-28-30-32-34-36-38-40-47(49)55-46(45-54-56(50,51)53-43-41-48)44-52-42-39-37-35-33-31-29-27-25-22-20-18-16-14-12-10-8-6-4-2/h5,7,11,13,17,19,23-24,28,30,33-36,39,42,46H,3-4,6,8-10,12,14-16,18,20-22,25-27,29,31-32,37-38,40-41,43-45,48H2,1-2H3,(H,50,51). The molecule has 0 amide bonds. The van der Waals surface area contributed by atoms with Crippen LogP contribution < -0.4 is 5.73 Å². The van der Waals surface area contributed by atoms with Crippen LogP contribution in [-0.2, 0) is 27.9 Å². The Kier molecular flexibility index (Phi) is 41.3. The fourth-order valence-corrected chi connectivity index (χ4v) is 6.21. The number of allylic oxidation sites excluding steroid dienone is 15. The average Bonchev–Trinajstić information content (AvgIpc) is 3.19. The summed E-state index contributed by atoms with van der Waals surface area (Å²) in [4.78, 5) is 22.4. The van der Waals surface area contributed by atoms with E-state index in [0.29, 0.717) is 6.42 Å². The van der Waals surface area contributed by atoms with Crippen LogP contribution in [-0.4, -0.2) is 43.3 Å². The lowest BCUT2D eigenvalue weighted by Crippen LogP contribution is -2.27. The number of phosphoric ester groups is 1. The lowest BCUT2D eigenvalue weighted by atomic mass is 10.0. The molecule has 0 aromatic heterocycles. The second-order valence-electron chi connectivity index (χ2n) is 13.9. The minimum absolute atomic E-state index is 0.0261. The van der Waals surface area contributed by atoms with E-state index in [2.05, 4.69) is 86.8 Å². The van der Waals surface area contributed by atoms with Crippen molar-refractivity contribution >= 4 is 13.8 Å². The van der Waals surface area contributed by atoms with Gasteiger partial charge in [-0.15, -0.1) is 0 Å². The van der Waals surface area contributed by atoms with Gasteiger partial charge < -0.3 is 20.1 Å². The highest BCUT2D eigenvalue weighted by Gasteiger charge is 2.25. The van der Waals surface area contributed by atoms with Gasteiger partial charge in [0.2, 0.25) is 0 Å². The van der Waals surface area contributed by atoms with Gasteiger partial charge in [-0.05, 0) is 70.3 Å². The first-order valence-electron chi connectivity index (χ1n) is 21.8. The van der Waals surface area contributed by atoms with Crippen LogP contribution in [0.25, 0.3) is 0 Å². The molecule has 3 N–H and O–H groups in total. The third-order valence-electron chi connectivity index (χ3n) is 8.59. The van der Waals surface area contributed by atoms with Gasteiger partial charge in [-0.25, -0.2) is 4.57 Å². The summed E-state index contributed by atoms with van der Waals surface area (Å²) in [6.07, 6.45) is 58.3. The molecule has 0 spiro atoms. The average molecular weight is 802 g/mol. The number of esters is 1. The van der Waals surface area contributed by atoms with Gasteiger partial charge in [0.15, 0.2) is 6.10 Å². The van der Waals surface area contributed by atoms with Crippen molar-refractivity contribution in [3.8, 4) is 0 Å². The van der Waals surface area contributed by atoms with Gasteiger partial charge in [-0.1, -0.05) is 176 Å². The molecule has 2 atom stereocenters. The molecule has 320 valence electrons. The van der Waals surface area contributed by atoms with Crippen molar-refractivity contribution in [2.75, 3.05) is 26.4 Å². The van der Waals surface area contributed by atoms with Crippen LogP contribution >= 0.6 is 7.82 Å². The summed E-state index contributed by atoms with van der Waals surface area (Å²) in [6, 6.07) is 0. The number of phosphoric acid groups is 1. The molecule has 0 saturated heterocycles. The fourth-order valence-electron chi connectivity index (χ4n) is 5.44. The molecule has 8 nitrogen and oxygen atoms in total. The van der Waals surface area contributed by atoms with Crippen molar-refractivity contribution in [2.45, 2.75) is 168 Å². The van der Waals surface area contributed by atoms with Crippen LogP contribution in [0.4, 0.5) is 0 Å². The molecule has 0 aliphatic rings. The zero-order valence-electron chi connectivity index (χ0n) is 35.3. The Labute approximate surface area is 342 Å². The number of carbonyl (C=O) groups is 1. The van der Waals surface area contributed by atoms with Crippen molar-refractivity contribution in [1.82, 2.24) is 0 Å². The van der Waals surface area contributed by atoms with Gasteiger partial charge in [-0.3, -0.25) is 13.8 Å². The second-order valence-corrected chi connectivity index (χ2v) is 15.3. The molecule has 0 bridgehead atoms. The van der Waals surface area contributed by atoms with E-state index >= 15 is 0 Å². The van der Waals surface area contributed by atoms with E-state index in [1.54, 1.807) is 6.26 Å². The maximum absolute atomic E-state index is 12.5. The third-order valence-corrected chi connectivity index (χ3v) is 9.58. The Morgan fingerprint density at radius 3 is 1.52 bits per heavy atom. The molecule has 0 aromatic carbocycles. The van der Waals surface area contributed by atoms with Crippen molar-refractivity contribution in [1.29, 1.82) is 0 Å². The number of hydrogen-bond acceptors (Lipinski definition) is 7. The Hall–Kier alpha value is -2.74. The van der Waals surface area contributed by atoms with E-state index in [-0.39, 0.29) is 32.8 Å². The molecular formula is C47H80NO7P. The molecule has 0 aliphatic carbocycles. The van der Waals surface area contributed by atoms with E-state index in [9.17, 15) is 14.3 Å². The van der Waals surface area contributed by atoms with Crippen LogP contribution in [0, 0.1) is 0 Å². The minimum atomic E-state index is -4.33. The first-order chi connectivity index (χ1) is 27.4. The zero-order valence-corrected chi connectivity index (χ0v) is 36.2. The third kappa shape index (κ3) is 42.4. The smallest absolute Gasteiger partial charge is 0.472 e. The van der Waals surface area contributed by atoms with Crippen LogP contribution in [0.5, 0.6) is 0 Å². The van der Waals surface area contributed by atoms with Crippen molar-refractivity contribution in [3.05, 3.63) is 97.4 Å². The van der Waals surface area contributed by atoms with E-state index in [1.807, 2.05) is 18.2 Å². The van der Waals surface area contributed by atoms with Crippen molar-refractivity contribution < 1.29 is 32.8 Å². The molecule has 0 rings (SSSR count). The molecule has 0 heterocycles. The highest BCUT2D eigenvalue weighted by Crippen LogP contribution is 2.43. The van der Waals surface area contributed by atoms with Crippen LogP contribution in [0.1, 0.15) is 162 Å². The lowest BCUT2D eigenvalue weighted by Gasteiger charge is -2.19. The molecule has 9 heteroatoms. The van der Waals surface area contributed by atoms with E-state index in [0.717, 1.165) is 51.4 Å². The normalized spacial score (nSPS) is 14.4. The second kappa shape index (κ2) is 43.4. The predicted molar refractivity (Wildman–Crippen MR) is 237 cm³/mol. The van der Waals surface area contributed by atoms with Gasteiger partial charge in [0.1, 0.15) is 6.61 Å².